The summed E-state index contributed by atoms with van der Waals surface area (Å²) < 4.78 is 26.8. The number of nitrogens with one attached hydrogen (secondary N) is 2. The number of anilines is 3. The highest BCUT2D eigenvalue weighted by Gasteiger charge is 2.14. The third-order valence-electron chi connectivity index (χ3n) is 2.63. The van der Waals surface area contributed by atoms with E-state index in [4.69, 9.17) is 5.73 Å². The first-order valence-electron chi connectivity index (χ1n) is 6.13. The van der Waals surface area contributed by atoms with Crippen molar-refractivity contribution in [3.05, 3.63) is 48.5 Å². The molecule has 6 nitrogen and oxygen atoms in total. The molecule has 4 N–H and O–H groups in total. The first-order valence-corrected chi connectivity index (χ1v) is 7.61. The Balaban J connectivity index is 2.19. The summed E-state index contributed by atoms with van der Waals surface area (Å²) in [6, 6.07) is 12.4. The Labute approximate surface area is 123 Å². The van der Waals surface area contributed by atoms with Crippen LogP contribution in [0.25, 0.3) is 0 Å². The third kappa shape index (κ3) is 3.96. The predicted octanol–water partition coefficient (Wildman–Crippen LogP) is 2.03. The predicted molar refractivity (Wildman–Crippen MR) is 82.4 cm³/mol. The maximum Gasteiger partial charge on any atom is 0.261 e. The van der Waals surface area contributed by atoms with Crippen molar-refractivity contribution in [2.75, 3.05) is 15.8 Å². The van der Waals surface area contributed by atoms with E-state index in [2.05, 4.69) is 10.0 Å². The molecule has 0 aliphatic rings. The lowest BCUT2D eigenvalue weighted by molar-refractivity contribution is -0.114. The summed E-state index contributed by atoms with van der Waals surface area (Å²) in [7, 11) is -3.69. The average Bonchev–Trinajstić information content (AvgIpc) is 2.40. The molecule has 0 radical (unpaired) electrons. The highest BCUT2D eigenvalue weighted by molar-refractivity contribution is 7.92. The molecule has 0 saturated carbocycles. The van der Waals surface area contributed by atoms with Gasteiger partial charge in [-0.25, -0.2) is 8.42 Å². The summed E-state index contributed by atoms with van der Waals surface area (Å²) in [5, 5.41) is 2.60. The van der Waals surface area contributed by atoms with E-state index >= 15 is 0 Å². The van der Waals surface area contributed by atoms with Crippen LogP contribution in [0.15, 0.2) is 53.4 Å². The molecule has 0 aliphatic heterocycles. The highest BCUT2D eigenvalue weighted by atomic mass is 32.2. The van der Waals surface area contributed by atoms with E-state index in [-0.39, 0.29) is 10.8 Å². The van der Waals surface area contributed by atoms with Crippen LogP contribution in [-0.2, 0) is 14.8 Å². The van der Waals surface area contributed by atoms with Gasteiger partial charge in [-0.3, -0.25) is 9.52 Å². The van der Waals surface area contributed by atoms with Crippen molar-refractivity contribution in [1.29, 1.82) is 0 Å². The second-order valence-electron chi connectivity index (χ2n) is 4.44. The normalized spacial score (nSPS) is 10.9. The molecule has 2 aromatic carbocycles. The van der Waals surface area contributed by atoms with Crippen LogP contribution < -0.4 is 15.8 Å². The Hall–Kier alpha value is -2.54. The number of amides is 1. The molecule has 7 heteroatoms. The number of hydrogen-bond acceptors (Lipinski definition) is 4. The quantitative estimate of drug-likeness (QED) is 0.752. The van der Waals surface area contributed by atoms with Gasteiger partial charge in [0.2, 0.25) is 5.91 Å². The number of carbonyl (C=O) groups excluding carboxylic acids is 1. The molecule has 110 valence electrons. The fraction of sp³-hybridized carbons (Fsp3) is 0.0714. The Morgan fingerprint density at radius 1 is 1.05 bits per heavy atom. The van der Waals surface area contributed by atoms with E-state index in [9.17, 15) is 13.2 Å². The minimum absolute atomic E-state index is 0.0911. The second-order valence-corrected chi connectivity index (χ2v) is 6.12. The zero-order valence-electron chi connectivity index (χ0n) is 11.3. The molecule has 0 atom stereocenters. The fourth-order valence-electron chi connectivity index (χ4n) is 1.72. The number of sulfonamides is 1. The van der Waals surface area contributed by atoms with Gasteiger partial charge in [0.1, 0.15) is 0 Å². The fourth-order valence-corrected chi connectivity index (χ4v) is 2.83. The molecule has 0 saturated heterocycles. The Bertz CT molecular complexity index is 755. The molecular weight excluding hydrogens is 290 g/mol. The molecule has 0 bridgehead atoms. The van der Waals surface area contributed by atoms with Crippen molar-refractivity contribution in [3.63, 3.8) is 0 Å². The van der Waals surface area contributed by atoms with E-state index in [0.717, 1.165) is 0 Å². The van der Waals surface area contributed by atoms with Crippen LogP contribution >= 0.6 is 0 Å². The van der Waals surface area contributed by atoms with E-state index in [1.165, 1.54) is 19.1 Å². The molecule has 21 heavy (non-hydrogen) atoms. The summed E-state index contributed by atoms with van der Waals surface area (Å²) in [6.07, 6.45) is 0. The lowest BCUT2D eigenvalue weighted by Crippen LogP contribution is -2.13. The topological polar surface area (TPSA) is 101 Å². The molecule has 0 aromatic heterocycles. The lowest BCUT2D eigenvalue weighted by Gasteiger charge is -2.09. The van der Waals surface area contributed by atoms with Gasteiger partial charge >= 0.3 is 0 Å². The van der Waals surface area contributed by atoms with Gasteiger partial charge in [-0.1, -0.05) is 6.07 Å². The van der Waals surface area contributed by atoms with Crippen molar-refractivity contribution in [2.45, 2.75) is 11.8 Å². The van der Waals surface area contributed by atoms with Crippen LogP contribution in [0.3, 0.4) is 0 Å². The Morgan fingerprint density at radius 3 is 2.24 bits per heavy atom. The highest BCUT2D eigenvalue weighted by Crippen LogP contribution is 2.19. The van der Waals surface area contributed by atoms with Crippen LogP contribution in [0, 0.1) is 0 Å². The summed E-state index contributed by atoms with van der Waals surface area (Å²) in [4.78, 5) is 11.0. The number of carbonyl (C=O) groups is 1. The van der Waals surface area contributed by atoms with Gasteiger partial charge in [0.15, 0.2) is 0 Å². The van der Waals surface area contributed by atoms with Crippen LogP contribution in [0.4, 0.5) is 17.1 Å². The molecule has 2 rings (SSSR count). The first kappa shape index (κ1) is 14.9. The number of nitrogen functional groups attached to an aromatic ring is 1. The zero-order chi connectivity index (χ0) is 15.5. The largest absolute Gasteiger partial charge is 0.399 e. The van der Waals surface area contributed by atoms with Gasteiger partial charge in [0.05, 0.1) is 4.90 Å². The molecule has 0 aliphatic carbocycles. The molecule has 0 heterocycles. The maximum atomic E-state index is 12.2. The van der Waals surface area contributed by atoms with Gasteiger partial charge < -0.3 is 11.1 Å². The van der Waals surface area contributed by atoms with Gasteiger partial charge in [-0.2, -0.15) is 0 Å². The smallest absolute Gasteiger partial charge is 0.261 e. The van der Waals surface area contributed by atoms with Gasteiger partial charge in [-0.05, 0) is 42.5 Å². The number of rotatable bonds is 4. The van der Waals surface area contributed by atoms with E-state index < -0.39 is 10.0 Å². The zero-order valence-corrected chi connectivity index (χ0v) is 12.1. The second kappa shape index (κ2) is 5.84. The molecule has 2 aromatic rings. The van der Waals surface area contributed by atoms with Gasteiger partial charge in [0, 0.05) is 24.0 Å². The van der Waals surface area contributed by atoms with Gasteiger partial charge in [-0.15, -0.1) is 0 Å². The standard InChI is InChI=1S/C14H15N3O3S/c1-10(18)16-12-5-7-13(8-6-12)17-21(19,20)14-4-2-3-11(15)9-14/h2-9,17H,15H2,1H3,(H,16,18). The summed E-state index contributed by atoms with van der Waals surface area (Å²) in [6.45, 7) is 1.40. The molecular formula is C14H15N3O3S. The first-order chi connectivity index (χ1) is 9.87. The summed E-state index contributed by atoms with van der Waals surface area (Å²) in [5.41, 5.74) is 6.94. The maximum absolute atomic E-state index is 12.2. The average molecular weight is 305 g/mol. The van der Waals surface area contributed by atoms with E-state index in [0.29, 0.717) is 17.1 Å². The number of nitrogens with two attached hydrogens (primary N) is 1. The van der Waals surface area contributed by atoms with Gasteiger partial charge in [0.25, 0.3) is 10.0 Å². The van der Waals surface area contributed by atoms with E-state index in [1.807, 2.05) is 0 Å². The summed E-state index contributed by atoms with van der Waals surface area (Å²) >= 11 is 0. The van der Waals surface area contributed by atoms with Crippen LogP contribution in [-0.4, -0.2) is 14.3 Å². The minimum atomic E-state index is -3.69. The van der Waals surface area contributed by atoms with E-state index in [1.54, 1.807) is 36.4 Å². The lowest BCUT2D eigenvalue weighted by atomic mass is 10.3. The number of hydrogen-bond donors (Lipinski definition) is 3. The summed E-state index contributed by atoms with van der Waals surface area (Å²) in [5.74, 6) is -0.192. The monoisotopic (exact) mass is 305 g/mol. The molecule has 0 spiro atoms. The third-order valence-corrected chi connectivity index (χ3v) is 4.00. The van der Waals surface area contributed by atoms with Crippen molar-refractivity contribution >= 4 is 33.0 Å². The van der Waals surface area contributed by atoms with Crippen molar-refractivity contribution < 1.29 is 13.2 Å². The van der Waals surface area contributed by atoms with Crippen molar-refractivity contribution in [3.8, 4) is 0 Å². The Morgan fingerprint density at radius 2 is 1.67 bits per heavy atom. The number of benzene rings is 2. The van der Waals surface area contributed by atoms with Crippen molar-refractivity contribution in [1.82, 2.24) is 0 Å². The SMILES string of the molecule is CC(=O)Nc1ccc(NS(=O)(=O)c2cccc(N)c2)cc1. The van der Waals surface area contributed by atoms with Crippen LogP contribution in [0.2, 0.25) is 0 Å². The molecule has 0 fully saturated rings. The molecule has 0 unspecified atom stereocenters. The Kier molecular flexibility index (Phi) is 4.13. The van der Waals surface area contributed by atoms with Crippen LogP contribution in [0.1, 0.15) is 6.92 Å². The molecule has 1 amide bonds. The van der Waals surface area contributed by atoms with Crippen molar-refractivity contribution in [2.24, 2.45) is 0 Å². The minimum Gasteiger partial charge on any atom is -0.399 e. The van der Waals surface area contributed by atoms with Crippen LogP contribution in [0.5, 0.6) is 0 Å².